The number of rotatable bonds is 8. The Bertz CT molecular complexity index is 951. The third kappa shape index (κ3) is 7.03. The zero-order chi connectivity index (χ0) is 23.0. The van der Waals surface area contributed by atoms with Crippen molar-refractivity contribution in [1.29, 1.82) is 0 Å². The van der Waals surface area contributed by atoms with Crippen molar-refractivity contribution in [2.75, 3.05) is 0 Å². The monoisotopic (exact) mass is 428 g/mol. The number of carbonyl (C=O) groups excluding carboxylic acids is 2. The first-order valence-corrected chi connectivity index (χ1v) is 9.38. The van der Waals surface area contributed by atoms with Gasteiger partial charge >= 0.3 is 0 Å². The molecule has 2 aromatic carbocycles. The molecule has 0 radical (unpaired) electrons. The summed E-state index contributed by atoms with van der Waals surface area (Å²) in [4.78, 5) is 23.8. The van der Waals surface area contributed by atoms with Crippen LogP contribution in [-0.2, 0) is 9.59 Å². The number of hydrogen-bond donors (Lipinski definition) is 6. The molecule has 0 bridgehead atoms. The van der Waals surface area contributed by atoms with Crippen molar-refractivity contribution < 1.29 is 30.0 Å². The van der Waals surface area contributed by atoms with Gasteiger partial charge in [-0.3, -0.25) is 9.59 Å². The van der Waals surface area contributed by atoms with Crippen LogP contribution in [0.3, 0.4) is 0 Å². The molecule has 0 unspecified atom stereocenters. The predicted molar refractivity (Wildman–Crippen MR) is 114 cm³/mol. The largest absolute Gasteiger partial charge is 0.508 e. The van der Waals surface area contributed by atoms with Gasteiger partial charge in [0.25, 0.3) is 0 Å². The van der Waals surface area contributed by atoms with E-state index in [4.69, 9.17) is 0 Å². The predicted octanol–water partition coefficient (Wildman–Crippen LogP) is 2.06. The fraction of sp³-hybridized carbons (Fsp3) is 0.238. The number of amides is 2. The number of hydrazone groups is 2. The normalized spacial score (nSPS) is 11.8. The Labute approximate surface area is 178 Å². The highest BCUT2D eigenvalue weighted by molar-refractivity contribution is 6.02. The fourth-order valence-electron chi connectivity index (χ4n) is 2.59. The summed E-state index contributed by atoms with van der Waals surface area (Å²) in [5.74, 6) is -1.31. The molecule has 2 aromatic rings. The SMILES string of the molecule is C/C(=N\NC(=O)CCCC(=O)N/N=C(\C)c1ccc(O)cc1O)c1ccc(O)cc1O. The van der Waals surface area contributed by atoms with Crippen LogP contribution in [0.4, 0.5) is 0 Å². The van der Waals surface area contributed by atoms with Crippen molar-refractivity contribution in [3.8, 4) is 23.0 Å². The van der Waals surface area contributed by atoms with E-state index in [1.807, 2.05) is 0 Å². The maximum absolute atomic E-state index is 11.9. The van der Waals surface area contributed by atoms with Crippen LogP contribution in [0.2, 0.25) is 0 Å². The molecule has 0 aliphatic carbocycles. The van der Waals surface area contributed by atoms with E-state index in [1.54, 1.807) is 13.8 Å². The lowest BCUT2D eigenvalue weighted by atomic mass is 10.1. The zero-order valence-corrected chi connectivity index (χ0v) is 17.1. The topological polar surface area (TPSA) is 164 Å². The molecule has 0 saturated carbocycles. The molecule has 10 nitrogen and oxygen atoms in total. The molecule has 0 saturated heterocycles. The molecular formula is C21H24N4O6. The molecule has 0 atom stereocenters. The van der Waals surface area contributed by atoms with Gasteiger partial charge in [-0.2, -0.15) is 10.2 Å². The van der Waals surface area contributed by atoms with Crippen molar-refractivity contribution in [2.45, 2.75) is 33.1 Å². The Balaban J connectivity index is 1.78. The Morgan fingerprint density at radius 3 is 1.48 bits per heavy atom. The number of phenolic OH excluding ortho intramolecular Hbond substituents is 4. The van der Waals surface area contributed by atoms with Crippen molar-refractivity contribution in [1.82, 2.24) is 10.9 Å². The van der Waals surface area contributed by atoms with Gasteiger partial charge in [0.1, 0.15) is 23.0 Å². The number of nitrogens with one attached hydrogen (secondary N) is 2. The van der Waals surface area contributed by atoms with E-state index in [0.717, 1.165) is 0 Å². The standard InChI is InChI=1S/C21H24N4O6/c1-12(16-8-6-14(26)10-18(16)28)22-24-20(30)4-3-5-21(31)25-23-13(2)17-9-7-15(27)11-19(17)29/h6-11,26-29H,3-5H2,1-2H3,(H,24,30)(H,25,31)/b22-12+,23-13+. The molecule has 164 valence electrons. The highest BCUT2D eigenvalue weighted by Crippen LogP contribution is 2.23. The van der Waals surface area contributed by atoms with Crippen molar-refractivity contribution in [3.63, 3.8) is 0 Å². The summed E-state index contributed by atoms with van der Waals surface area (Å²) < 4.78 is 0. The summed E-state index contributed by atoms with van der Waals surface area (Å²) in [5.41, 5.74) is 6.13. The van der Waals surface area contributed by atoms with Crippen LogP contribution in [0.1, 0.15) is 44.2 Å². The number of aromatic hydroxyl groups is 4. The molecule has 31 heavy (non-hydrogen) atoms. The summed E-state index contributed by atoms with van der Waals surface area (Å²) in [6, 6.07) is 8.06. The molecule has 0 fully saturated rings. The van der Waals surface area contributed by atoms with Crippen molar-refractivity contribution in [3.05, 3.63) is 47.5 Å². The van der Waals surface area contributed by atoms with Crippen LogP contribution in [0.25, 0.3) is 0 Å². The Morgan fingerprint density at radius 2 is 1.13 bits per heavy atom. The van der Waals surface area contributed by atoms with E-state index < -0.39 is 11.8 Å². The number of nitrogens with zero attached hydrogens (tertiary/aromatic N) is 2. The fourth-order valence-corrected chi connectivity index (χ4v) is 2.59. The van der Waals surface area contributed by atoms with Gasteiger partial charge in [0.2, 0.25) is 11.8 Å². The second kappa shape index (κ2) is 10.6. The summed E-state index contributed by atoms with van der Waals surface area (Å²) >= 11 is 0. The first-order valence-electron chi connectivity index (χ1n) is 9.38. The molecule has 2 amide bonds. The van der Waals surface area contributed by atoms with E-state index in [-0.39, 0.29) is 42.3 Å². The minimum atomic E-state index is -0.404. The average Bonchev–Trinajstić information content (AvgIpc) is 2.70. The third-order valence-electron chi connectivity index (χ3n) is 4.25. The highest BCUT2D eigenvalue weighted by Gasteiger charge is 2.09. The molecule has 0 aromatic heterocycles. The molecule has 0 heterocycles. The van der Waals surface area contributed by atoms with Crippen LogP contribution in [0.5, 0.6) is 23.0 Å². The number of phenols is 4. The summed E-state index contributed by atoms with van der Waals surface area (Å²) in [6.45, 7) is 3.18. The maximum Gasteiger partial charge on any atom is 0.240 e. The summed E-state index contributed by atoms with van der Waals surface area (Å²) in [7, 11) is 0. The minimum Gasteiger partial charge on any atom is -0.508 e. The second-order valence-electron chi connectivity index (χ2n) is 6.72. The van der Waals surface area contributed by atoms with Crippen LogP contribution < -0.4 is 10.9 Å². The first kappa shape index (κ1) is 23.2. The average molecular weight is 428 g/mol. The van der Waals surface area contributed by atoms with E-state index in [1.165, 1.54) is 36.4 Å². The number of carbonyl (C=O) groups is 2. The van der Waals surface area contributed by atoms with Gasteiger partial charge in [-0.15, -0.1) is 0 Å². The van der Waals surface area contributed by atoms with Gasteiger partial charge in [0.15, 0.2) is 0 Å². The molecule has 2 rings (SSSR count). The van der Waals surface area contributed by atoms with Gasteiger partial charge in [0.05, 0.1) is 11.4 Å². The molecule has 0 aliphatic rings. The molecule has 6 N–H and O–H groups in total. The van der Waals surface area contributed by atoms with E-state index in [2.05, 4.69) is 21.1 Å². The quantitative estimate of drug-likeness (QED) is 0.278. The highest BCUT2D eigenvalue weighted by atomic mass is 16.3. The number of benzene rings is 2. The molecule has 0 aliphatic heterocycles. The second-order valence-corrected chi connectivity index (χ2v) is 6.72. The van der Waals surface area contributed by atoms with Crippen LogP contribution in [0, 0.1) is 0 Å². The lowest BCUT2D eigenvalue weighted by Gasteiger charge is -2.06. The third-order valence-corrected chi connectivity index (χ3v) is 4.25. The maximum atomic E-state index is 11.9. The van der Waals surface area contributed by atoms with Gasteiger partial charge in [-0.25, -0.2) is 10.9 Å². The van der Waals surface area contributed by atoms with E-state index in [0.29, 0.717) is 22.6 Å². The summed E-state index contributed by atoms with van der Waals surface area (Å²) in [5, 5.41) is 46.0. The molecule has 0 spiro atoms. The zero-order valence-electron chi connectivity index (χ0n) is 17.1. The Morgan fingerprint density at radius 1 is 0.742 bits per heavy atom. The van der Waals surface area contributed by atoms with E-state index in [9.17, 15) is 30.0 Å². The van der Waals surface area contributed by atoms with E-state index >= 15 is 0 Å². The van der Waals surface area contributed by atoms with Crippen molar-refractivity contribution in [2.24, 2.45) is 10.2 Å². The first-order chi connectivity index (χ1) is 14.7. The lowest BCUT2D eigenvalue weighted by molar-refractivity contribution is -0.122. The van der Waals surface area contributed by atoms with Gasteiger partial charge in [-0.1, -0.05) is 0 Å². The van der Waals surface area contributed by atoms with Gasteiger partial charge in [0, 0.05) is 36.1 Å². The Hall–Kier alpha value is -4.08. The molecule has 10 heteroatoms. The van der Waals surface area contributed by atoms with Crippen molar-refractivity contribution >= 4 is 23.2 Å². The van der Waals surface area contributed by atoms with Gasteiger partial charge in [-0.05, 0) is 44.5 Å². The van der Waals surface area contributed by atoms with Crippen LogP contribution in [-0.4, -0.2) is 43.7 Å². The molecular weight excluding hydrogens is 404 g/mol. The van der Waals surface area contributed by atoms with Crippen LogP contribution >= 0.6 is 0 Å². The Kier molecular flexibility index (Phi) is 7.95. The lowest BCUT2D eigenvalue weighted by Crippen LogP contribution is -2.22. The number of hydrogen-bond acceptors (Lipinski definition) is 8. The smallest absolute Gasteiger partial charge is 0.240 e. The van der Waals surface area contributed by atoms with Gasteiger partial charge < -0.3 is 20.4 Å². The van der Waals surface area contributed by atoms with Crippen LogP contribution in [0.15, 0.2) is 46.6 Å². The minimum absolute atomic E-state index is 0.0488. The summed E-state index contributed by atoms with van der Waals surface area (Å²) in [6.07, 6.45) is 0.357.